The highest BCUT2D eigenvalue weighted by Crippen LogP contribution is 2.42. The van der Waals surface area contributed by atoms with Gasteiger partial charge in [-0.3, -0.25) is 4.79 Å². The van der Waals surface area contributed by atoms with Crippen molar-refractivity contribution in [2.24, 2.45) is 0 Å². The largest absolute Gasteiger partial charge is 0.507 e. The molecule has 1 saturated heterocycles. The van der Waals surface area contributed by atoms with Gasteiger partial charge in [-0.05, 0) is 24.3 Å². The number of benzene rings is 2. The van der Waals surface area contributed by atoms with Gasteiger partial charge in [-0.2, -0.15) is 0 Å². The van der Waals surface area contributed by atoms with Crippen LogP contribution in [0.1, 0.15) is 0 Å². The lowest BCUT2D eigenvalue weighted by molar-refractivity contribution is -0.132. The summed E-state index contributed by atoms with van der Waals surface area (Å²) in [6, 6.07) is 3.38. The minimum absolute atomic E-state index is 0.0250. The Kier molecular flexibility index (Phi) is 6.11. The van der Waals surface area contributed by atoms with Gasteiger partial charge in [0.15, 0.2) is 5.82 Å². The summed E-state index contributed by atoms with van der Waals surface area (Å²) in [5, 5.41) is 9.98. The van der Waals surface area contributed by atoms with Gasteiger partial charge in [-0.1, -0.05) is 24.2 Å². The summed E-state index contributed by atoms with van der Waals surface area (Å²) in [6.45, 7) is 3.19. The van der Waals surface area contributed by atoms with Crippen molar-refractivity contribution >= 4 is 34.2 Å². The maximum Gasteiger partial charge on any atom is 0.260 e. The molecule has 6 nitrogen and oxygen atoms in total. The van der Waals surface area contributed by atoms with Crippen molar-refractivity contribution in [1.82, 2.24) is 14.9 Å². The van der Waals surface area contributed by atoms with Crippen LogP contribution in [0, 0.1) is 11.6 Å². The number of carbonyl (C=O) groups excluding carboxylic acids is 1. The van der Waals surface area contributed by atoms with Crippen LogP contribution in [0.3, 0.4) is 0 Å². The van der Waals surface area contributed by atoms with Gasteiger partial charge in [0.2, 0.25) is 5.91 Å². The molecule has 0 aliphatic carbocycles. The van der Waals surface area contributed by atoms with E-state index in [0.29, 0.717) is 0 Å². The Bertz CT molecular complexity index is 1240. The van der Waals surface area contributed by atoms with Gasteiger partial charge < -0.3 is 14.9 Å². The molecule has 0 bridgehead atoms. The van der Waals surface area contributed by atoms with Gasteiger partial charge >= 0.3 is 0 Å². The Morgan fingerprint density at radius 3 is 2.67 bits per heavy atom. The number of phenols is 1. The SMILES string of the molecule is C=CC(=O)N1CCN(c2ncnc3c(F)c(-c4c(O)cccc4F)c(Cl)cc23)CC1C(F)F. The number of phenolic OH excluding ortho intramolecular Hbond substituents is 1. The maximum absolute atomic E-state index is 15.5. The molecule has 0 spiro atoms. The molecule has 11 heteroatoms. The smallest absolute Gasteiger partial charge is 0.260 e. The number of fused-ring (bicyclic) bond motifs is 1. The molecular weight excluding hydrogens is 464 g/mol. The van der Waals surface area contributed by atoms with E-state index in [1.807, 2.05) is 0 Å². The van der Waals surface area contributed by atoms with Crippen LogP contribution in [0.5, 0.6) is 5.75 Å². The molecule has 2 aromatic carbocycles. The first-order valence-corrected chi connectivity index (χ1v) is 10.2. The van der Waals surface area contributed by atoms with Crippen LogP contribution < -0.4 is 4.90 Å². The maximum atomic E-state index is 15.5. The van der Waals surface area contributed by atoms with Crippen LogP contribution in [-0.2, 0) is 4.79 Å². The summed E-state index contributed by atoms with van der Waals surface area (Å²) in [5.41, 5.74) is -1.02. The molecule has 1 atom stereocenters. The Morgan fingerprint density at radius 1 is 1.24 bits per heavy atom. The van der Waals surface area contributed by atoms with E-state index >= 15 is 4.39 Å². The van der Waals surface area contributed by atoms with Crippen molar-refractivity contribution in [3.63, 3.8) is 0 Å². The van der Waals surface area contributed by atoms with E-state index in [-0.39, 0.29) is 46.9 Å². The Morgan fingerprint density at radius 2 is 2.00 bits per heavy atom. The number of hydrogen-bond acceptors (Lipinski definition) is 5. The van der Waals surface area contributed by atoms with Crippen LogP contribution >= 0.6 is 11.6 Å². The molecule has 1 aliphatic rings. The average molecular weight is 481 g/mol. The van der Waals surface area contributed by atoms with E-state index in [4.69, 9.17) is 11.6 Å². The van der Waals surface area contributed by atoms with E-state index < -0.39 is 41.3 Å². The molecule has 33 heavy (non-hydrogen) atoms. The lowest BCUT2D eigenvalue weighted by Gasteiger charge is -2.41. The molecule has 1 N–H and O–H groups in total. The Hall–Kier alpha value is -3.40. The average Bonchev–Trinajstić information content (AvgIpc) is 2.79. The monoisotopic (exact) mass is 480 g/mol. The molecule has 1 amide bonds. The van der Waals surface area contributed by atoms with Crippen molar-refractivity contribution in [1.29, 1.82) is 0 Å². The van der Waals surface area contributed by atoms with Crippen molar-refractivity contribution in [2.75, 3.05) is 24.5 Å². The van der Waals surface area contributed by atoms with Gasteiger partial charge in [0.25, 0.3) is 6.43 Å². The lowest BCUT2D eigenvalue weighted by Crippen LogP contribution is -2.58. The number of carbonyl (C=O) groups is 1. The fraction of sp³-hybridized carbons (Fsp3) is 0.227. The van der Waals surface area contributed by atoms with E-state index in [1.165, 1.54) is 23.1 Å². The van der Waals surface area contributed by atoms with Gasteiger partial charge in [0.1, 0.15) is 35.3 Å². The number of aromatic nitrogens is 2. The molecule has 4 rings (SSSR count). The zero-order valence-electron chi connectivity index (χ0n) is 17.0. The van der Waals surface area contributed by atoms with Crippen LogP contribution in [0.4, 0.5) is 23.4 Å². The molecule has 3 aromatic rings. The van der Waals surface area contributed by atoms with E-state index in [2.05, 4.69) is 16.5 Å². The molecular formula is C22H17ClF4N4O2. The topological polar surface area (TPSA) is 69.6 Å². The van der Waals surface area contributed by atoms with Crippen molar-refractivity contribution in [3.05, 3.63) is 59.9 Å². The normalized spacial score (nSPS) is 16.5. The third-order valence-corrected chi connectivity index (χ3v) is 5.81. The van der Waals surface area contributed by atoms with E-state index in [0.717, 1.165) is 23.4 Å². The molecule has 1 aliphatic heterocycles. The summed E-state index contributed by atoms with van der Waals surface area (Å²) in [4.78, 5) is 22.6. The number of piperazine rings is 1. The van der Waals surface area contributed by atoms with Crippen LogP contribution in [0.2, 0.25) is 5.02 Å². The second-order valence-electron chi connectivity index (χ2n) is 7.36. The number of anilines is 1. The highest BCUT2D eigenvalue weighted by atomic mass is 35.5. The highest BCUT2D eigenvalue weighted by Gasteiger charge is 2.36. The third-order valence-electron chi connectivity index (χ3n) is 5.51. The minimum Gasteiger partial charge on any atom is -0.507 e. The standard InChI is InChI=1S/C22H17ClF4N4O2/c1-2-16(33)31-7-6-30(9-14(31)21(26)27)22-11-8-12(23)17(19(25)20(11)28-10-29-22)18-13(24)4-3-5-15(18)32/h2-5,8,10,14,21,32H,1,6-7,9H2. The summed E-state index contributed by atoms with van der Waals surface area (Å²) < 4.78 is 57.2. The van der Waals surface area contributed by atoms with E-state index in [9.17, 15) is 23.1 Å². The zero-order chi connectivity index (χ0) is 23.9. The Balaban J connectivity index is 1.81. The highest BCUT2D eigenvalue weighted by molar-refractivity contribution is 6.34. The fourth-order valence-electron chi connectivity index (χ4n) is 3.97. The summed E-state index contributed by atoms with van der Waals surface area (Å²) in [7, 11) is 0. The van der Waals surface area contributed by atoms with Crippen molar-refractivity contribution < 1.29 is 27.5 Å². The zero-order valence-corrected chi connectivity index (χ0v) is 17.7. The molecule has 172 valence electrons. The first-order valence-electron chi connectivity index (χ1n) is 9.81. The molecule has 1 aromatic heterocycles. The van der Waals surface area contributed by atoms with Gasteiger partial charge in [-0.15, -0.1) is 0 Å². The first-order chi connectivity index (χ1) is 15.7. The number of rotatable bonds is 4. The summed E-state index contributed by atoms with van der Waals surface area (Å²) in [6.07, 6.45) is -0.807. The van der Waals surface area contributed by atoms with Gasteiger partial charge in [-0.25, -0.2) is 27.5 Å². The molecule has 0 saturated carbocycles. The van der Waals surface area contributed by atoms with Crippen molar-refractivity contribution in [2.45, 2.75) is 12.5 Å². The number of amides is 1. The molecule has 1 fully saturated rings. The summed E-state index contributed by atoms with van der Waals surface area (Å²) >= 11 is 6.28. The molecule has 2 heterocycles. The number of nitrogens with zero attached hydrogens (tertiary/aromatic N) is 4. The Labute approximate surface area is 190 Å². The van der Waals surface area contributed by atoms with Gasteiger partial charge in [0, 0.05) is 30.6 Å². The number of alkyl halides is 2. The first kappa shape index (κ1) is 22.8. The van der Waals surface area contributed by atoms with Crippen molar-refractivity contribution in [3.8, 4) is 16.9 Å². The van der Waals surface area contributed by atoms with E-state index in [1.54, 1.807) is 0 Å². The number of halogens is 5. The molecule has 1 unspecified atom stereocenters. The summed E-state index contributed by atoms with van der Waals surface area (Å²) in [5.74, 6) is -2.86. The third kappa shape index (κ3) is 3.95. The lowest BCUT2D eigenvalue weighted by atomic mass is 10.0. The second kappa shape index (κ2) is 8.86. The molecule has 0 radical (unpaired) electrons. The predicted octanol–water partition coefficient (Wildman–Crippen LogP) is 4.40. The van der Waals surface area contributed by atoms with Crippen LogP contribution in [0.25, 0.3) is 22.0 Å². The number of aromatic hydroxyl groups is 1. The predicted molar refractivity (Wildman–Crippen MR) is 115 cm³/mol. The fourth-order valence-corrected chi connectivity index (χ4v) is 4.25. The number of hydrogen-bond donors (Lipinski definition) is 1. The van der Waals surface area contributed by atoms with Gasteiger partial charge in [0.05, 0.1) is 10.6 Å². The van der Waals surface area contributed by atoms with Crippen LogP contribution in [0.15, 0.2) is 43.2 Å². The van der Waals surface area contributed by atoms with Crippen LogP contribution in [-0.4, -0.2) is 58.0 Å². The minimum atomic E-state index is -2.83. The quantitative estimate of drug-likeness (QED) is 0.443. The second-order valence-corrected chi connectivity index (χ2v) is 7.77.